The third kappa shape index (κ3) is 4.01. The van der Waals surface area contributed by atoms with Gasteiger partial charge < -0.3 is 0 Å². The van der Waals surface area contributed by atoms with Gasteiger partial charge in [0.05, 0.1) is 11.4 Å². The molecular weight excluding hydrogens is 388 g/mol. The number of nitrogens with one attached hydrogen (secondary N) is 1. The first kappa shape index (κ1) is 16.1. The molecule has 1 aromatic carbocycles. The number of nitrogens with two attached hydrogens (primary N) is 1. The molecule has 0 radical (unpaired) electrons. The number of sulfonamides is 1. The van der Waals surface area contributed by atoms with Gasteiger partial charge in [0.25, 0.3) is 5.91 Å². The Morgan fingerprint density at radius 2 is 2.16 bits per heavy atom. The highest BCUT2D eigenvalue weighted by molar-refractivity contribution is 14.1. The van der Waals surface area contributed by atoms with E-state index in [1.807, 2.05) is 28.0 Å². The predicted molar refractivity (Wildman–Crippen MR) is 78.3 cm³/mol. The van der Waals surface area contributed by atoms with E-state index in [1.165, 1.54) is 19.1 Å². The van der Waals surface area contributed by atoms with Gasteiger partial charge in [0.15, 0.2) is 0 Å². The Balaban J connectivity index is 3.27. The van der Waals surface area contributed by atoms with Crippen molar-refractivity contribution in [3.63, 3.8) is 0 Å². The van der Waals surface area contributed by atoms with Gasteiger partial charge in [-0.05, 0) is 47.7 Å². The fourth-order valence-corrected chi connectivity index (χ4v) is 2.88. The van der Waals surface area contributed by atoms with Gasteiger partial charge in [-0.1, -0.05) is 0 Å². The van der Waals surface area contributed by atoms with Crippen LogP contribution in [-0.4, -0.2) is 26.6 Å². The minimum Gasteiger partial charge on any atom is -0.293 e. The second-order valence-electron chi connectivity index (χ2n) is 3.57. The Morgan fingerprint density at radius 1 is 1.53 bits per heavy atom. The Bertz CT molecular complexity index is 579. The highest BCUT2D eigenvalue weighted by Gasteiger charge is 2.25. The summed E-state index contributed by atoms with van der Waals surface area (Å²) < 4.78 is 39.0. The molecule has 0 saturated heterocycles. The molecule has 1 aromatic rings. The average Bonchev–Trinajstić information content (AvgIpc) is 2.36. The van der Waals surface area contributed by atoms with Crippen molar-refractivity contribution >= 4 is 44.2 Å². The van der Waals surface area contributed by atoms with Crippen molar-refractivity contribution in [1.82, 2.24) is 5.43 Å². The van der Waals surface area contributed by atoms with Gasteiger partial charge in [0.1, 0.15) is 12.4 Å². The number of hydrogen-bond acceptors (Lipinski definition) is 4. The van der Waals surface area contributed by atoms with Crippen LogP contribution >= 0.6 is 22.6 Å². The molecule has 0 heterocycles. The van der Waals surface area contributed by atoms with E-state index in [4.69, 9.17) is 5.84 Å². The molecule has 0 spiro atoms. The van der Waals surface area contributed by atoms with Crippen molar-refractivity contribution in [2.75, 3.05) is 16.6 Å². The Labute approximate surface area is 124 Å². The molecule has 106 valence electrons. The SMILES string of the molecule is CCS(=O)(=O)N(CC(=O)NN)c1ccc(I)cc1F. The van der Waals surface area contributed by atoms with E-state index in [0.29, 0.717) is 7.88 Å². The van der Waals surface area contributed by atoms with Crippen LogP contribution in [0.3, 0.4) is 0 Å². The van der Waals surface area contributed by atoms with Gasteiger partial charge in [0, 0.05) is 3.57 Å². The normalized spacial score (nSPS) is 11.2. The maximum atomic E-state index is 13.8. The van der Waals surface area contributed by atoms with Crippen LogP contribution in [0.25, 0.3) is 0 Å². The van der Waals surface area contributed by atoms with E-state index in [2.05, 4.69) is 0 Å². The molecule has 1 rings (SSSR count). The third-order valence-electron chi connectivity index (χ3n) is 2.33. The largest absolute Gasteiger partial charge is 0.293 e. The van der Waals surface area contributed by atoms with Crippen LogP contribution in [-0.2, 0) is 14.8 Å². The van der Waals surface area contributed by atoms with Gasteiger partial charge in [0.2, 0.25) is 10.0 Å². The van der Waals surface area contributed by atoms with Crippen LogP contribution in [0.5, 0.6) is 0 Å². The molecule has 0 aliphatic heterocycles. The van der Waals surface area contributed by atoms with Crippen molar-refractivity contribution in [3.05, 3.63) is 27.6 Å². The summed E-state index contributed by atoms with van der Waals surface area (Å²) in [6, 6.07) is 4.06. The first-order valence-electron chi connectivity index (χ1n) is 5.26. The van der Waals surface area contributed by atoms with Crippen molar-refractivity contribution in [2.24, 2.45) is 5.84 Å². The van der Waals surface area contributed by atoms with Crippen LogP contribution in [0, 0.1) is 9.39 Å². The molecule has 0 aliphatic carbocycles. The molecule has 0 atom stereocenters. The lowest BCUT2D eigenvalue weighted by molar-refractivity contribution is -0.119. The van der Waals surface area contributed by atoms with Crippen molar-refractivity contribution in [3.8, 4) is 0 Å². The van der Waals surface area contributed by atoms with Gasteiger partial charge in [-0.25, -0.2) is 18.7 Å². The minimum absolute atomic E-state index is 0.175. The smallest absolute Gasteiger partial charge is 0.254 e. The number of amides is 1. The van der Waals surface area contributed by atoms with Crippen molar-refractivity contribution < 1.29 is 17.6 Å². The molecule has 1 amide bonds. The number of carbonyl (C=O) groups is 1. The van der Waals surface area contributed by atoms with Gasteiger partial charge in [-0.15, -0.1) is 0 Å². The lowest BCUT2D eigenvalue weighted by atomic mass is 10.3. The molecule has 9 heteroatoms. The monoisotopic (exact) mass is 401 g/mol. The Morgan fingerprint density at radius 3 is 2.63 bits per heavy atom. The maximum absolute atomic E-state index is 13.8. The van der Waals surface area contributed by atoms with E-state index in [0.717, 1.165) is 0 Å². The summed E-state index contributed by atoms with van der Waals surface area (Å²) >= 11 is 1.90. The summed E-state index contributed by atoms with van der Waals surface area (Å²) in [6.07, 6.45) is 0. The first-order chi connectivity index (χ1) is 8.81. The minimum atomic E-state index is -3.78. The van der Waals surface area contributed by atoms with Crippen molar-refractivity contribution in [2.45, 2.75) is 6.92 Å². The van der Waals surface area contributed by atoms with Crippen LogP contribution in [0.2, 0.25) is 0 Å². The summed E-state index contributed by atoms with van der Waals surface area (Å²) in [5.41, 5.74) is 1.65. The van der Waals surface area contributed by atoms with E-state index >= 15 is 0 Å². The quantitative estimate of drug-likeness (QED) is 0.327. The third-order valence-corrected chi connectivity index (χ3v) is 4.73. The van der Waals surface area contributed by atoms with Crippen LogP contribution in [0.1, 0.15) is 6.92 Å². The van der Waals surface area contributed by atoms with E-state index in [9.17, 15) is 17.6 Å². The number of benzene rings is 1. The average molecular weight is 401 g/mol. The number of hydrogen-bond donors (Lipinski definition) is 2. The zero-order valence-electron chi connectivity index (χ0n) is 10.1. The number of anilines is 1. The summed E-state index contributed by atoms with van der Waals surface area (Å²) in [7, 11) is -3.78. The predicted octanol–water partition coefficient (Wildman–Crippen LogP) is 0.576. The van der Waals surface area contributed by atoms with Crippen molar-refractivity contribution in [1.29, 1.82) is 0 Å². The van der Waals surface area contributed by atoms with Gasteiger partial charge in [-0.2, -0.15) is 0 Å². The number of halogens is 2. The highest BCUT2D eigenvalue weighted by atomic mass is 127. The molecule has 0 bridgehead atoms. The molecule has 0 aromatic heterocycles. The molecular formula is C10H13FIN3O3S. The molecule has 6 nitrogen and oxygen atoms in total. The fourth-order valence-electron chi connectivity index (χ4n) is 1.35. The summed E-state index contributed by atoms with van der Waals surface area (Å²) in [5, 5.41) is 0. The lowest BCUT2D eigenvalue weighted by Gasteiger charge is -2.23. The number of carbonyl (C=O) groups excluding carboxylic acids is 1. The molecule has 19 heavy (non-hydrogen) atoms. The standard InChI is InChI=1S/C10H13FIN3O3S/c1-2-19(17,18)15(6-10(16)14-13)9-4-3-7(12)5-8(9)11/h3-5H,2,6,13H2,1H3,(H,14,16). The molecule has 0 saturated carbocycles. The zero-order valence-corrected chi connectivity index (χ0v) is 13.0. The summed E-state index contributed by atoms with van der Waals surface area (Å²) in [6.45, 7) is 0.845. The number of rotatable bonds is 5. The van der Waals surface area contributed by atoms with Crippen LogP contribution in [0.4, 0.5) is 10.1 Å². The fraction of sp³-hybridized carbons (Fsp3) is 0.300. The van der Waals surface area contributed by atoms with Gasteiger partial charge in [-0.3, -0.25) is 14.5 Å². The Kier molecular flexibility index (Phi) is 5.50. The zero-order chi connectivity index (χ0) is 14.6. The number of nitrogens with zero attached hydrogens (tertiary/aromatic N) is 1. The maximum Gasteiger partial charge on any atom is 0.254 e. The molecule has 0 unspecified atom stereocenters. The first-order valence-corrected chi connectivity index (χ1v) is 7.95. The van der Waals surface area contributed by atoms with E-state index < -0.39 is 28.3 Å². The number of hydrazine groups is 1. The van der Waals surface area contributed by atoms with Gasteiger partial charge >= 0.3 is 0 Å². The topological polar surface area (TPSA) is 92.5 Å². The molecule has 0 fully saturated rings. The second-order valence-corrected chi connectivity index (χ2v) is 7.00. The highest BCUT2D eigenvalue weighted by Crippen LogP contribution is 2.24. The van der Waals surface area contributed by atoms with Crippen LogP contribution < -0.4 is 15.6 Å². The molecule has 0 aliphatic rings. The van der Waals surface area contributed by atoms with E-state index in [1.54, 1.807) is 6.07 Å². The second kappa shape index (κ2) is 6.48. The molecule has 3 N–H and O–H groups in total. The lowest BCUT2D eigenvalue weighted by Crippen LogP contribution is -2.44. The van der Waals surface area contributed by atoms with E-state index in [-0.39, 0.29) is 11.4 Å². The summed E-state index contributed by atoms with van der Waals surface area (Å²) in [4.78, 5) is 11.3. The Hall–Kier alpha value is -0.940. The summed E-state index contributed by atoms with van der Waals surface area (Å²) in [5.74, 6) is 3.23. The van der Waals surface area contributed by atoms with Crippen LogP contribution in [0.15, 0.2) is 18.2 Å².